The number of allylic oxidation sites excluding steroid dienone is 2. The van der Waals surface area contributed by atoms with E-state index in [0.717, 1.165) is 23.8 Å². The molecule has 5 heteroatoms. The molecule has 24 heavy (non-hydrogen) atoms. The van der Waals surface area contributed by atoms with E-state index < -0.39 is 0 Å². The first kappa shape index (κ1) is 16.6. The molecule has 2 atom stereocenters. The van der Waals surface area contributed by atoms with Gasteiger partial charge >= 0.3 is 0 Å². The third-order valence-corrected chi connectivity index (χ3v) is 5.46. The highest BCUT2D eigenvalue weighted by Crippen LogP contribution is 2.58. The maximum Gasteiger partial charge on any atom is 0.259 e. The number of hydrogen-bond donors (Lipinski definition) is 2. The molecule has 5 nitrogen and oxygen atoms in total. The Hall–Kier alpha value is -2.30. The Morgan fingerprint density at radius 1 is 1.38 bits per heavy atom. The number of nitrogens with zero attached hydrogens (tertiary/aromatic N) is 1. The fraction of sp³-hybridized carbons (Fsp3) is 0.474. The Kier molecular flexibility index (Phi) is 4.60. The topological polar surface area (TPSA) is 62.7 Å². The Morgan fingerprint density at radius 2 is 2.12 bits per heavy atom. The quantitative estimate of drug-likeness (QED) is 0.623. The number of nitrogens with one attached hydrogen (secondary N) is 2. The zero-order chi connectivity index (χ0) is 17.2. The number of benzene rings is 1. The summed E-state index contributed by atoms with van der Waals surface area (Å²) in [4.78, 5) is 11.9. The molecule has 4 rings (SSSR count). The lowest BCUT2D eigenvalue weighted by Crippen LogP contribution is -2.48. The van der Waals surface area contributed by atoms with Crippen molar-refractivity contribution in [1.82, 2.24) is 5.43 Å². The maximum absolute atomic E-state index is 11.9. The van der Waals surface area contributed by atoms with Crippen LogP contribution >= 0.6 is 0 Å². The van der Waals surface area contributed by atoms with Crippen LogP contribution in [0.4, 0.5) is 5.69 Å². The predicted molar refractivity (Wildman–Crippen MR) is 96.2 cm³/mol. The Bertz CT molecular complexity index is 662. The number of carbonyl (C=O) groups is 1. The maximum atomic E-state index is 11.9. The van der Waals surface area contributed by atoms with Crippen molar-refractivity contribution in [2.45, 2.75) is 26.7 Å². The number of methoxy groups -OCH3 is 1. The molecule has 128 valence electrons. The van der Waals surface area contributed by atoms with E-state index in [0.29, 0.717) is 11.3 Å². The molecule has 0 unspecified atom stereocenters. The molecule has 0 heterocycles. The zero-order valence-corrected chi connectivity index (χ0v) is 14.5. The number of ether oxygens (including phenoxy) is 1. The van der Waals surface area contributed by atoms with Gasteiger partial charge < -0.3 is 10.1 Å². The number of amides is 1. The van der Waals surface area contributed by atoms with Crippen molar-refractivity contribution in [2.75, 3.05) is 19.0 Å². The van der Waals surface area contributed by atoms with Gasteiger partial charge in [-0.2, -0.15) is 5.10 Å². The highest BCUT2D eigenvalue weighted by molar-refractivity contribution is 5.84. The van der Waals surface area contributed by atoms with E-state index >= 15 is 0 Å². The standard InChI is InChI=1S/C19H25N3O2/c1-19(2)14-5-4-13(17(19)10-14)11-21-22-18(23)12-20-15-6-8-16(24-3)9-7-15/h4,6-9,11,14,17,20H,5,10,12H2,1-3H3,(H,22,23)/b21-11-/t14-,17-/m0/s1. The lowest BCUT2D eigenvalue weighted by molar-refractivity contribution is -0.119. The van der Waals surface area contributed by atoms with Crippen molar-refractivity contribution in [2.24, 2.45) is 22.4 Å². The van der Waals surface area contributed by atoms with Crippen LogP contribution in [0.25, 0.3) is 0 Å². The minimum absolute atomic E-state index is 0.163. The monoisotopic (exact) mass is 327 g/mol. The van der Waals surface area contributed by atoms with Crippen molar-refractivity contribution in [3.05, 3.63) is 35.9 Å². The van der Waals surface area contributed by atoms with Crippen LogP contribution in [0.3, 0.4) is 0 Å². The van der Waals surface area contributed by atoms with Crippen LogP contribution in [0.5, 0.6) is 5.75 Å². The lowest BCUT2D eigenvalue weighted by Gasteiger charge is -2.55. The zero-order valence-electron chi connectivity index (χ0n) is 14.5. The van der Waals surface area contributed by atoms with Crippen LogP contribution < -0.4 is 15.5 Å². The Labute approximate surface area is 143 Å². The number of anilines is 1. The molecule has 1 amide bonds. The Morgan fingerprint density at radius 3 is 2.75 bits per heavy atom. The average molecular weight is 327 g/mol. The number of hydrazone groups is 1. The molecule has 0 aromatic heterocycles. The second-order valence-electron chi connectivity index (χ2n) is 7.12. The highest BCUT2D eigenvalue weighted by Gasteiger charge is 2.50. The molecule has 2 bridgehead atoms. The van der Waals surface area contributed by atoms with Gasteiger partial charge in [0.15, 0.2) is 0 Å². The Balaban J connectivity index is 1.45. The molecule has 0 radical (unpaired) electrons. The molecular weight excluding hydrogens is 302 g/mol. The van der Waals surface area contributed by atoms with Crippen molar-refractivity contribution in [3.63, 3.8) is 0 Å². The molecule has 1 aromatic rings. The number of carbonyl (C=O) groups excluding carboxylic acids is 1. The van der Waals surface area contributed by atoms with Gasteiger partial charge in [0, 0.05) is 5.69 Å². The minimum Gasteiger partial charge on any atom is -0.497 e. The number of rotatable bonds is 6. The predicted octanol–water partition coefficient (Wildman–Crippen LogP) is 3.20. The molecule has 0 aliphatic heterocycles. The van der Waals surface area contributed by atoms with Crippen molar-refractivity contribution < 1.29 is 9.53 Å². The van der Waals surface area contributed by atoms with E-state index in [1.165, 1.54) is 12.0 Å². The van der Waals surface area contributed by atoms with E-state index in [2.05, 4.69) is 35.8 Å². The minimum atomic E-state index is -0.163. The summed E-state index contributed by atoms with van der Waals surface area (Å²) in [6.45, 7) is 4.83. The first-order valence-electron chi connectivity index (χ1n) is 8.40. The van der Waals surface area contributed by atoms with Crippen molar-refractivity contribution in [1.29, 1.82) is 0 Å². The molecule has 1 saturated carbocycles. The third-order valence-electron chi connectivity index (χ3n) is 5.46. The van der Waals surface area contributed by atoms with E-state index in [4.69, 9.17) is 4.74 Å². The highest BCUT2D eigenvalue weighted by atomic mass is 16.5. The second kappa shape index (κ2) is 6.67. The summed E-state index contributed by atoms with van der Waals surface area (Å²) in [6.07, 6.45) is 6.44. The summed E-state index contributed by atoms with van der Waals surface area (Å²) in [5.74, 6) is 2.01. The average Bonchev–Trinajstić information content (AvgIpc) is 2.60. The molecular formula is C19H25N3O2. The summed E-state index contributed by atoms with van der Waals surface area (Å²) >= 11 is 0. The summed E-state index contributed by atoms with van der Waals surface area (Å²) in [5.41, 5.74) is 5.08. The molecule has 0 spiro atoms. The van der Waals surface area contributed by atoms with Gasteiger partial charge in [-0.3, -0.25) is 4.79 Å². The van der Waals surface area contributed by atoms with Gasteiger partial charge in [-0.1, -0.05) is 19.9 Å². The van der Waals surface area contributed by atoms with Crippen LogP contribution in [0.15, 0.2) is 41.0 Å². The summed E-state index contributed by atoms with van der Waals surface area (Å²) in [7, 11) is 1.63. The lowest BCUT2D eigenvalue weighted by atomic mass is 9.49. The molecule has 0 saturated heterocycles. The third kappa shape index (κ3) is 3.30. The summed E-state index contributed by atoms with van der Waals surface area (Å²) in [6, 6.07) is 7.44. The van der Waals surface area contributed by atoms with Crippen LogP contribution in [-0.2, 0) is 4.79 Å². The van der Waals surface area contributed by atoms with Gasteiger partial charge in [-0.05, 0) is 59.9 Å². The molecule has 3 aliphatic rings. The molecule has 1 aromatic carbocycles. The first-order chi connectivity index (χ1) is 11.5. The first-order valence-corrected chi connectivity index (χ1v) is 8.40. The molecule has 2 N–H and O–H groups in total. The van der Waals surface area contributed by atoms with Crippen molar-refractivity contribution in [3.8, 4) is 5.75 Å². The summed E-state index contributed by atoms with van der Waals surface area (Å²) < 4.78 is 5.10. The van der Waals surface area contributed by atoms with Crippen LogP contribution in [-0.4, -0.2) is 25.8 Å². The van der Waals surface area contributed by atoms with E-state index in [-0.39, 0.29) is 12.5 Å². The normalized spacial score (nSPS) is 24.0. The van der Waals surface area contributed by atoms with Gasteiger partial charge in [-0.25, -0.2) is 5.43 Å². The van der Waals surface area contributed by atoms with Gasteiger partial charge in [-0.15, -0.1) is 0 Å². The molecule has 1 fully saturated rings. The largest absolute Gasteiger partial charge is 0.497 e. The van der Waals surface area contributed by atoms with Gasteiger partial charge in [0.05, 0.1) is 19.9 Å². The van der Waals surface area contributed by atoms with Crippen LogP contribution in [0.1, 0.15) is 26.7 Å². The smallest absolute Gasteiger partial charge is 0.259 e. The van der Waals surface area contributed by atoms with Crippen LogP contribution in [0.2, 0.25) is 0 Å². The number of hydrogen-bond acceptors (Lipinski definition) is 4. The second-order valence-corrected chi connectivity index (χ2v) is 7.12. The van der Waals surface area contributed by atoms with Gasteiger partial charge in [0.2, 0.25) is 0 Å². The fourth-order valence-electron chi connectivity index (χ4n) is 3.65. The van der Waals surface area contributed by atoms with Gasteiger partial charge in [0.25, 0.3) is 5.91 Å². The van der Waals surface area contributed by atoms with E-state index in [9.17, 15) is 4.79 Å². The SMILES string of the molecule is COc1ccc(NCC(=O)N/N=C\C2=CC[C@H]3C[C@@H]2C3(C)C)cc1. The van der Waals surface area contributed by atoms with E-state index in [1.807, 2.05) is 30.5 Å². The fourth-order valence-corrected chi connectivity index (χ4v) is 3.65. The van der Waals surface area contributed by atoms with Gasteiger partial charge in [0.1, 0.15) is 5.75 Å². The van der Waals surface area contributed by atoms with Crippen LogP contribution in [0, 0.1) is 17.3 Å². The van der Waals surface area contributed by atoms with E-state index in [1.54, 1.807) is 7.11 Å². The number of fused-ring (bicyclic) bond motifs is 1. The van der Waals surface area contributed by atoms with Crippen molar-refractivity contribution >= 4 is 17.8 Å². The molecule has 3 aliphatic carbocycles. The summed E-state index contributed by atoms with van der Waals surface area (Å²) in [5, 5.41) is 7.18.